The van der Waals surface area contributed by atoms with Gasteiger partial charge in [0.25, 0.3) is 0 Å². The van der Waals surface area contributed by atoms with Crippen molar-refractivity contribution in [2.45, 2.75) is 50.4 Å². The summed E-state index contributed by atoms with van der Waals surface area (Å²) in [5.74, 6) is 0.533. The summed E-state index contributed by atoms with van der Waals surface area (Å²) < 4.78 is 0. The third-order valence-electron chi connectivity index (χ3n) is 3.23. The molecule has 0 spiro atoms. The van der Waals surface area contributed by atoms with E-state index >= 15 is 0 Å². The van der Waals surface area contributed by atoms with Crippen LogP contribution in [0.2, 0.25) is 0 Å². The summed E-state index contributed by atoms with van der Waals surface area (Å²) in [7, 11) is 0. The minimum absolute atomic E-state index is 0.187. The molecule has 0 aliphatic heterocycles. The number of rotatable bonds is 4. The van der Waals surface area contributed by atoms with Crippen LogP contribution in [0.25, 0.3) is 0 Å². The van der Waals surface area contributed by atoms with E-state index in [1.807, 2.05) is 0 Å². The Hall–Kier alpha value is -0.120. The zero-order valence-electron chi connectivity index (χ0n) is 7.95. The van der Waals surface area contributed by atoms with E-state index in [0.29, 0.717) is 12.5 Å². The fourth-order valence-electron chi connectivity index (χ4n) is 2.10. The van der Waals surface area contributed by atoms with Gasteiger partial charge in [-0.15, -0.1) is 0 Å². The first-order valence-corrected chi connectivity index (χ1v) is 5.37. The maximum Gasteiger partial charge on any atom is 0.0693 e. The van der Waals surface area contributed by atoms with Crippen LogP contribution in [-0.4, -0.2) is 35.0 Å². The zero-order chi connectivity index (χ0) is 9.26. The monoisotopic (exact) mass is 185 g/mol. The fourth-order valence-corrected chi connectivity index (χ4v) is 2.10. The molecule has 0 aromatic heterocycles. The molecule has 13 heavy (non-hydrogen) atoms. The van der Waals surface area contributed by atoms with Gasteiger partial charge in [0.15, 0.2) is 0 Å². The summed E-state index contributed by atoms with van der Waals surface area (Å²) in [6.45, 7) is 0.659. The topological polar surface area (TPSA) is 52.5 Å². The fraction of sp³-hybridized carbons (Fsp3) is 1.00. The molecule has 3 nitrogen and oxygen atoms in total. The Balaban J connectivity index is 1.66. The number of hydrogen-bond donors (Lipinski definition) is 3. The summed E-state index contributed by atoms with van der Waals surface area (Å²) in [5, 5.41) is 22.4. The molecule has 2 rings (SSSR count). The molecule has 3 N–H and O–H groups in total. The SMILES string of the molecule is OC(CN[C@@H]1CCC[C@H]1O)C1CC1. The lowest BCUT2D eigenvalue weighted by Crippen LogP contribution is -2.40. The van der Waals surface area contributed by atoms with Crippen LogP contribution in [0.15, 0.2) is 0 Å². The van der Waals surface area contributed by atoms with Crippen LogP contribution in [0.4, 0.5) is 0 Å². The van der Waals surface area contributed by atoms with E-state index in [0.717, 1.165) is 19.3 Å². The predicted octanol–water partition coefficient (Wildman–Crippen LogP) is 0.260. The Bertz CT molecular complexity index is 170. The van der Waals surface area contributed by atoms with Gasteiger partial charge in [-0.1, -0.05) is 0 Å². The molecule has 0 bridgehead atoms. The second kappa shape index (κ2) is 3.95. The highest BCUT2D eigenvalue weighted by Crippen LogP contribution is 2.32. The van der Waals surface area contributed by atoms with Crippen LogP contribution in [-0.2, 0) is 0 Å². The standard InChI is InChI=1S/C10H19NO2/c12-9-3-1-2-8(9)11-6-10(13)7-4-5-7/h7-13H,1-6H2/t8-,9-,10?/m1/s1. The average Bonchev–Trinajstić information content (AvgIpc) is 2.88. The summed E-state index contributed by atoms with van der Waals surface area (Å²) in [5.41, 5.74) is 0. The van der Waals surface area contributed by atoms with E-state index in [-0.39, 0.29) is 18.2 Å². The highest BCUT2D eigenvalue weighted by Gasteiger charge is 2.31. The number of hydrogen-bond acceptors (Lipinski definition) is 3. The number of nitrogens with one attached hydrogen (secondary N) is 1. The van der Waals surface area contributed by atoms with Crippen molar-refractivity contribution >= 4 is 0 Å². The second-order valence-corrected chi connectivity index (χ2v) is 4.42. The lowest BCUT2D eigenvalue weighted by molar-refractivity contribution is 0.116. The van der Waals surface area contributed by atoms with Gasteiger partial charge < -0.3 is 15.5 Å². The highest BCUT2D eigenvalue weighted by molar-refractivity contribution is 4.87. The molecular formula is C10H19NO2. The van der Waals surface area contributed by atoms with Gasteiger partial charge >= 0.3 is 0 Å². The van der Waals surface area contributed by atoms with Crippen LogP contribution in [0.1, 0.15) is 32.1 Å². The molecule has 1 unspecified atom stereocenters. The summed E-state index contributed by atoms with van der Waals surface area (Å²) >= 11 is 0. The minimum atomic E-state index is -0.189. The largest absolute Gasteiger partial charge is 0.392 e. The average molecular weight is 185 g/mol. The van der Waals surface area contributed by atoms with Gasteiger partial charge in [-0.25, -0.2) is 0 Å². The molecule has 0 radical (unpaired) electrons. The van der Waals surface area contributed by atoms with Crippen molar-refractivity contribution in [1.29, 1.82) is 0 Å². The molecule has 76 valence electrons. The summed E-state index contributed by atoms with van der Waals surface area (Å²) in [6.07, 6.45) is 5.06. The Morgan fingerprint density at radius 2 is 2.00 bits per heavy atom. The maximum absolute atomic E-state index is 9.59. The van der Waals surface area contributed by atoms with Gasteiger partial charge in [0.1, 0.15) is 0 Å². The van der Waals surface area contributed by atoms with E-state index in [9.17, 15) is 10.2 Å². The maximum atomic E-state index is 9.59. The molecule has 0 aromatic rings. The first-order chi connectivity index (χ1) is 6.27. The molecule has 2 saturated carbocycles. The molecule has 0 saturated heterocycles. The van der Waals surface area contributed by atoms with E-state index in [1.165, 1.54) is 12.8 Å². The molecule has 3 atom stereocenters. The third-order valence-corrected chi connectivity index (χ3v) is 3.23. The van der Waals surface area contributed by atoms with Crippen LogP contribution < -0.4 is 5.32 Å². The molecule has 0 aromatic carbocycles. The molecule has 0 heterocycles. The van der Waals surface area contributed by atoms with Crippen molar-refractivity contribution in [2.75, 3.05) is 6.54 Å². The lowest BCUT2D eigenvalue weighted by Gasteiger charge is -2.18. The van der Waals surface area contributed by atoms with Crippen molar-refractivity contribution in [3.05, 3.63) is 0 Å². The Morgan fingerprint density at radius 3 is 2.54 bits per heavy atom. The zero-order valence-corrected chi connectivity index (χ0v) is 7.95. The number of aliphatic hydroxyl groups is 2. The first kappa shape index (κ1) is 9.44. The third kappa shape index (κ3) is 2.42. The molecule has 2 aliphatic carbocycles. The number of aliphatic hydroxyl groups excluding tert-OH is 2. The van der Waals surface area contributed by atoms with Gasteiger partial charge in [-0.2, -0.15) is 0 Å². The van der Waals surface area contributed by atoms with E-state index in [4.69, 9.17) is 0 Å². The van der Waals surface area contributed by atoms with E-state index < -0.39 is 0 Å². The predicted molar refractivity (Wildman–Crippen MR) is 50.4 cm³/mol. The van der Waals surface area contributed by atoms with E-state index in [2.05, 4.69) is 5.32 Å². The highest BCUT2D eigenvalue weighted by atomic mass is 16.3. The van der Waals surface area contributed by atoms with Gasteiger partial charge in [0.05, 0.1) is 12.2 Å². The molecule has 2 aliphatic rings. The Kier molecular flexibility index (Phi) is 2.86. The smallest absolute Gasteiger partial charge is 0.0693 e. The van der Waals surface area contributed by atoms with Crippen molar-refractivity contribution in [2.24, 2.45) is 5.92 Å². The summed E-state index contributed by atoms with van der Waals surface area (Å²) in [6, 6.07) is 0.230. The minimum Gasteiger partial charge on any atom is -0.392 e. The molecule has 2 fully saturated rings. The molecule has 0 amide bonds. The van der Waals surface area contributed by atoms with Gasteiger partial charge in [0, 0.05) is 12.6 Å². The van der Waals surface area contributed by atoms with Gasteiger partial charge in [0.2, 0.25) is 0 Å². The van der Waals surface area contributed by atoms with Crippen molar-refractivity contribution in [1.82, 2.24) is 5.32 Å². The van der Waals surface area contributed by atoms with Crippen LogP contribution in [0, 0.1) is 5.92 Å². The Morgan fingerprint density at radius 1 is 1.23 bits per heavy atom. The van der Waals surface area contributed by atoms with Crippen LogP contribution >= 0.6 is 0 Å². The molecular weight excluding hydrogens is 166 g/mol. The van der Waals surface area contributed by atoms with Crippen LogP contribution in [0.3, 0.4) is 0 Å². The Labute approximate surface area is 79.2 Å². The first-order valence-electron chi connectivity index (χ1n) is 5.37. The van der Waals surface area contributed by atoms with Crippen molar-refractivity contribution in [3.8, 4) is 0 Å². The van der Waals surface area contributed by atoms with Crippen molar-refractivity contribution < 1.29 is 10.2 Å². The normalized spacial score (nSPS) is 36.5. The quantitative estimate of drug-likeness (QED) is 0.589. The van der Waals surface area contributed by atoms with Gasteiger partial charge in [-0.05, 0) is 38.0 Å². The van der Waals surface area contributed by atoms with E-state index in [1.54, 1.807) is 0 Å². The van der Waals surface area contributed by atoms with Gasteiger partial charge in [-0.3, -0.25) is 0 Å². The molecule has 3 heteroatoms. The lowest BCUT2D eigenvalue weighted by atomic mass is 10.2. The van der Waals surface area contributed by atoms with Crippen molar-refractivity contribution in [3.63, 3.8) is 0 Å². The summed E-state index contributed by atoms with van der Waals surface area (Å²) in [4.78, 5) is 0. The van der Waals surface area contributed by atoms with Crippen LogP contribution in [0.5, 0.6) is 0 Å². The second-order valence-electron chi connectivity index (χ2n) is 4.42.